The number of rotatable bonds is 60. The van der Waals surface area contributed by atoms with E-state index in [2.05, 4.69) is 160 Å². The van der Waals surface area contributed by atoms with Crippen LogP contribution in [0.5, 0.6) is 0 Å². The summed E-state index contributed by atoms with van der Waals surface area (Å²) < 4.78 is 34.3. The standard InChI is InChI=1S/C74H124NO8P/c1-6-8-10-12-14-16-18-20-22-24-26-28-30-32-33-34-35-36-37-38-39-40-41-43-45-47-49-51-53-55-57-59-61-63-65-67-74(77)83-72(71-82-84(78,79)81-69-68-75(3,4)5)70-80-73(76)66-64-62-60-58-56-54-52-50-48-46-44-42-31-29-27-25-23-21-19-17-15-13-11-9-7-2/h8-11,14-17,20-23,26-29,32-33,35-36,42,44,48,50,72H,6-7,12-13,18-19,24-25,30-31,34,37-41,43,45-47,49,51-71H2,1-5H3/b10-8-,11-9-,16-14-,17-15-,22-20-,23-21-,28-26-,29-27-,33-32-,36-35-,44-42-,50-48-. The van der Waals surface area contributed by atoms with Crippen LogP contribution in [0.2, 0.25) is 0 Å². The summed E-state index contributed by atoms with van der Waals surface area (Å²) in [7, 11) is 1.14. The zero-order valence-electron chi connectivity index (χ0n) is 54.3. The molecule has 0 bridgehead atoms. The van der Waals surface area contributed by atoms with E-state index >= 15 is 0 Å². The molecule has 0 aromatic rings. The summed E-state index contributed by atoms with van der Waals surface area (Å²) in [6.07, 6.45) is 93.4. The number of phosphoric ester groups is 1. The number of carbonyl (C=O) groups is 2. The molecule has 0 aliphatic carbocycles. The lowest BCUT2D eigenvalue weighted by molar-refractivity contribution is -0.870. The molecule has 0 aliphatic rings. The molecule has 0 rings (SSSR count). The number of likely N-dealkylation sites (N-methyl/N-ethyl adjacent to an activating group) is 1. The lowest BCUT2D eigenvalue weighted by atomic mass is 10.0. The van der Waals surface area contributed by atoms with Gasteiger partial charge in [-0.05, 0) is 116 Å². The van der Waals surface area contributed by atoms with Crippen LogP contribution in [0.3, 0.4) is 0 Å². The molecule has 0 spiro atoms. The van der Waals surface area contributed by atoms with Gasteiger partial charge in [0.1, 0.15) is 19.8 Å². The second-order valence-corrected chi connectivity index (χ2v) is 24.5. The molecule has 0 heterocycles. The number of nitrogens with zero attached hydrogens (tertiary/aromatic N) is 1. The number of ether oxygens (including phenoxy) is 2. The van der Waals surface area contributed by atoms with Crippen LogP contribution in [0, 0.1) is 0 Å². The van der Waals surface area contributed by atoms with Crippen molar-refractivity contribution in [2.24, 2.45) is 0 Å². The fraction of sp³-hybridized carbons (Fsp3) is 0.649. The molecule has 0 aliphatic heterocycles. The van der Waals surface area contributed by atoms with Crippen LogP contribution in [0.15, 0.2) is 146 Å². The van der Waals surface area contributed by atoms with Gasteiger partial charge >= 0.3 is 11.9 Å². The molecule has 10 heteroatoms. The number of carbonyl (C=O) groups excluding carboxylic acids is 2. The predicted octanol–water partition coefficient (Wildman–Crippen LogP) is 21.2. The molecule has 0 radical (unpaired) electrons. The van der Waals surface area contributed by atoms with Gasteiger partial charge in [0.15, 0.2) is 6.10 Å². The van der Waals surface area contributed by atoms with Crippen molar-refractivity contribution in [2.45, 2.75) is 264 Å². The second kappa shape index (κ2) is 63.4. The first-order valence-corrected chi connectivity index (χ1v) is 35.0. The molecule has 478 valence electrons. The van der Waals surface area contributed by atoms with Gasteiger partial charge in [0.2, 0.25) is 0 Å². The van der Waals surface area contributed by atoms with E-state index < -0.39 is 32.5 Å². The van der Waals surface area contributed by atoms with E-state index in [9.17, 15) is 19.0 Å². The molecule has 0 saturated heterocycles. The Bertz CT molecular complexity index is 1930. The van der Waals surface area contributed by atoms with Crippen molar-refractivity contribution < 1.29 is 42.1 Å². The monoisotopic (exact) mass is 1190 g/mol. The normalized spacial score (nSPS) is 14.1. The molecule has 2 unspecified atom stereocenters. The fourth-order valence-corrected chi connectivity index (χ4v) is 9.51. The molecule has 2 atom stereocenters. The lowest BCUT2D eigenvalue weighted by Crippen LogP contribution is -2.37. The second-order valence-electron chi connectivity index (χ2n) is 23.1. The highest BCUT2D eigenvalue weighted by atomic mass is 31.2. The van der Waals surface area contributed by atoms with Crippen LogP contribution in [-0.2, 0) is 32.7 Å². The maximum atomic E-state index is 12.9. The summed E-state index contributed by atoms with van der Waals surface area (Å²) in [6, 6.07) is 0. The van der Waals surface area contributed by atoms with Crippen molar-refractivity contribution >= 4 is 19.8 Å². The highest BCUT2D eigenvalue weighted by molar-refractivity contribution is 7.45. The van der Waals surface area contributed by atoms with E-state index in [-0.39, 0.29) is 26.1 Å². The van der Waals surface area contributed by atoms with Gasteiger partial charge in [-0.3, -0.25) is 14.2 Å². The van der Waals surface area contributed by atoms with Crippen molar-refractivity contribution in [3.63, 3.8) is 0 Å². The average molecular weight is 1190 g/mol. The van der Waals surface area contributed by atoms with E-state index in [0.717, 1.165) is 135 Å². The Balaban J connectivity index is 4.11. The Morgan fingerprint density at radius 3 is 0.952 bits per heavy atom. The predicted molar refractivity (Wildman–Crippen MR) is 360 cm³/mol. The topological polar surface area (TPSA) is 111 Å². The van der Waals surface area contributed by atoms with Gasteiger partial charge in [-0.1, -0.05) is 275 Å². The number of allylic oxidation sites excluding steroid dienone is 24. The van der Waals surface area contributed by atoms with Crippen LogP contribution in [0.25, 0.3) is 0 Å². The van der Waals surface area contributed by atoms with Crippen LogP contribution < -0.4 is 4.89 Å². The van der Waals surface area contributed by atoms with Gasteiger partial charge < -0.3 is 27.9 Å². The van der Waals surface area contributed by atoms with Crippen LogP contribution >= 0.6 is 7.82 Å². The molecule has 0 aromatic heterocycles. The van der Waals surface area contributed by atoms with Crippen molar-refractivity contribution in [2.75, 3.05) is 47.5 Å². The van der Waals surface area contributed by atoms with Crippen LogP contribution in [-0.4, -0.2) is 70.0 Å². The minimum atomic E-state index is -4.65. The zero-order chi connectivity index (χ0) is 61.2. The molecule has 0 aromatic carbocycles. The molecule has 0 amide bonds. The maximum Gasteiger partial charge on any atom is 0.306 e. The van der Waals surface area contributed by atoms with Crippen molar-refractivity contribution in [1.82, 2.24) is 0 Å². The van der Waals surface area contributed by atoms with Crippen LogP contribution in [0.4, 0.5) is 0 Å². The van der Waals surface area contributed by atoms with E-state index in [1.54, 1.807) is 0 Å². The highest BCUT2D eigenvalue weighted by Gasteiger charge is 2.22. The average Bonchev–Trinajstić information content (AvgIpc) is 3.61. The Hall–Kier alpha value is -4.11. The minimum absolute atomic E-state index is 0.0400. The summed E-state index contributed by atoms with van der Waals surface area (Å²) in [5.74, 6) is -0.854. The molecule has 0 fully saturated rings. The number of phosphoric acid groups is 1. The number of hydrogen-bond acceptors (Lipinski definition) is 8. The maximum absolute atomic E-state index is 12.9. The fourth-order valence-electron chi connectivity index (χ4n) is 8.78. The lowest BCUT2D eigenvalue weighted by Gasteiger charge is -2.28. The summed E-state index contributed by atoms with van der Waals surface area (Å²) in [5, 5.41) is 0. The Kier molecular flexibility index (Phi) is 60.3. The van der Waals surface area contributed by atoms with Crippen molar-refractivity contribution in [3.8, 4) is 0 Å². The Labute approximate surface area is 516 Å². The quantitative estimate of drug-likeness (QED) is 0.0195. The van der Waals surface area contributed by atoms with Gasteiger partial charge in [0.05, 0.1) is 27.7 Å². The number of hydrogen-bond donors (Lipinski definition) is 0. The van der Waals surface area contributed by atoms with Crippen molar-refractivity contribution in [1.29, 1.82) is 0 Å². The molecule has 84 heavy (non-hydrogen) atoms. The Morgan fingerprint density at radius 1 is 0.369 bits per heavy atom. The van der Waals surface area contributed by atoms with Crippen molar-refractivity contribution in [3.05, 3.63) is 146 Å². The van der Waals surface area contributed by atoms with E-state index in [1.807, 2.05) is 21.1 Å². The van der Waals surface area contributed by atoms with Gasteiger partial charge in [-0.2, -0.15) is 0 Å². The largest absolute Gasteiger partial charge is 0.756 e. The van der Waals surface area contributed by atoms with Gasteiger partial charge in [0.25, 0.3) is 7.82 Å². The van der Waals surface area contributed by atoms with E-state index in [0.29, 0.717) is 23.9 Å². The van der Waals surface area contributed by atoms with Gasteiger partial charge in [0, 0.05) is 12.8 Å². The summed E-state index contributed by atoms with van der Waals surface area (Å²) in [5.41, 5.74) is 0. The molecular formula is C74H124NO8P. The summed E-state index contributed by atoms with van der Waals surface area (Å²) in [4.78, 5) is 38.0. The minimum Gasteiger partial charge on any atom is -0.756 e. The van der Waals surface area contributed by atoms with Gasteiger partial charge in [-0.15, -0.1) is 0 Å². The zero-order valence-corrected chi connectivity index (χ0v) is 55.2. The third kappa shape index (κ3) is 67.0. The highest BCUT2D eigenvalue weighted by Crippen LogP contribution is 2.38. The number of quaternary nitrogens is 1. The third-order valence-electron chi connectivity index (χ3n) is 13.9. The summed E-state index contributed by atoms with van der Waals surface area (Å²) >= 11 is 0. The first-order valence-electron chi connectivity index (χ1n) is 33.5. The number of esters is 2. The molecule has 0 saturated carbocycles. The van der Waals surface area contributed by atoms with E-state index in [4.69, 9.17) is 18.5 Å². The SMILES string of the molecule is CC/C=C\C/C=C\C/C=C\C/C=C\C/C=C\C/C=C\CCCCCCCCCCCCCCCCCCC(=O)OC(COC(=O)CCCCCCCC/C=C\C/C=C\C/C=C\C/C=C\C/C=C\C/C=C\CC)COP(=O)([O-])OCC[N+](C)(C)C. The summed E-state index contributed by atoms with van der Waals surface area (Å²) in [6.45, 7) is 3.99. The molecule has 9 nitrogen and oxygen atoms in total. The molecular weight excluding hydrogens is 1060 g/mol. The number of unbranched alkanes of at least 4 members (excludes halogenated alkanes) is 22. The van der Waals surface area contributed by atoms with Crippen LogP contribution in [0.1, 0.15) is 258 Å². The smallest absolute Gasteiger partial charge is 0.306 e. The molecule has 0 N–H and O–H groups in total. The van der Waals surface area contributed by atoms with E-state index in [1.165, 1.54) is 83.5 Å². The third-order valence-corrected chi connectivity index (χ3v) is 14.8. The Morgan fingerprint density at radius 2 is 0.643 bits per heavy atom. The first-order chi connectivity index (χ1) is 41.0. The van der Waals surface area contributed by atoms with Gasteiger partial charge in [-0.25, -0.2) is 0 Å². The first kappa shape index (κ1) is 79.9.